The van der Waals surface area contributed by atoms with Crippen LogP contribution in [-0.4, -0.2) is 16.6 Å². The average molecular weight is 275 g/mol. The molecule has 1 heterocycles. The largest absolute Gasteiger partial charge is 0.362 e. The molecule has 1 aliphatic carbocycles. The first-order valence-corrected chi connectivity index (χ1v) is 7.31. The number of thiocarbonyl (C=S) groups is 1. The normalized spacial score (nSPS) is 14.7. The van der Waals surface area contributed by atoms with Crippen LogP contribution in [0.1, 0.15) is 37.7 Å². The minimum atomic E-state index is 0.651. The van der Waals surface area contributed by atoms with E-state index in [4.69, 9.17) is 12.2 Å². The number of nitrogens with one attached hydrogen (secondary N) is 2. The maximum Gasteiger partial charge on any atom is 0.171 e. The van der Waals surface area contributed by atoms with Crippen molar-refractivity contribution in [1.82, 2.24) is 10.3 Å². The molecule has 1 aliphatic rings. The first-order valence-electron chi connectivity index (χ1n) is 6.90. The fourth-order valence-corrected chi connectivity index (χ4v) is 2.44. The van der Waals surface area contributed by atoms with Gasteiger partial charge in [-0.15, -0.1) is 0 Å². The Morgan fingerprint density at radius 1 is 1.42 bits per heavy atom. The van der Waals surface area contributed by atoms with Gasteiger partial charge in [0.1, 0.15) is 5.82 Å². The molecule has 0 radical (unpaired) electrons. The summed E-state index contributed by atoms with van der Waals surface area (Å²) >= 11 is 5.28. The van der Waals surface area contributed by atoms with Crippen LogP contribution in [0.15, 0.2) is 30.0 Å². The Kier molecular flexibility index (Phi) is 5.33. The van der Waals surface area contributed by atoms with Crippen LogP contribution in [0.4, 0.5) is 5.82 Å². The van der Waals surface area contributed by atoms with Gasteiger partial charge >= 0.3 is 0 Å². The van der Waals surface area contributed by atoms with E-state index in [1.165, 1.54) is 25.7 Å². The number of aromatic nitrogens is 1. The van der Waals surface area contributed by atoms with E-state index in [0.29, 0.717) is 5.11 Å². The number of allylic oxidation sites excluding steroid dienone is 1. The number of rotatable bonds is 4. The Labute approximate surface area is 120 Å². The maximum absolute atomic E-state index is 5.28. The van der Waals surface area contributed by atoms with Crippen LogP contribution in [0.3, 0.4) is 0 Å². The molecule has 2 rings (SSSR count). The second-order valence-electron chi connectivity index (χ2n) is 4.91. The van der Waals surface area contributed by atoms with E-state index >= 15 is 0 Å². The second-order valence-corrected chi connectivity index (χ2v) is 5.32. The van der Waals surface area contributed by atoms with Crippen molar-refractivity contribution in [3.8, 4) is 0 Å². The molecule has 0 saturated heterocycles. The summed E-state index contributed by atoms with van der Waals surface area (Å²) in [5, 5.41) is 7.03. The molecule has 0 aromatic carbocycles. The lowest BCUT2D eigenvalue weighted by Gasteiger charge is -2.14. The quantitative estimate of drug-likeness (QED) is 0.650. The monoisotopic (exact) mass is 275 g/mol. The van der Waals surface area contributed by atoms with Crippen molar-refractivity contribution in [1.29, 1.82) is 0 Å². The van der Waals surface area contributed by atoms with Crippen LogP contribution >= 0.6 is 12.2 Å². The summed E-state index contributed by atoms with van der Waals surface area (Å²) in [5.41, 5.74) is 2.66. The standard InChI is InChI=1S/C15H21N3S/c1-12-6-5-10-16-14(12)18-15(19)17-11-9-13-7-3-2-4-8-13/h5-7,10H,2-4,8-9,11H2,1H3,(H2,16,17,18,19). The summed E-state index contributed by atoms with van der Waals surface area (Å²) in [6.07, 6.45) is 10.4. The van der Waals surface area contributed by atoms with Crippen LogP contribution in [-0.2, 0) is 0 Å². The van der Waals surface area contributed by atoms with Crippen LogP contribution in [0.2, 0.25) is 0 Å². The molecule has 3 nitrogen and oxygen atoms in total. The molecule has 0 amide bonds. The molecule has 4 heteroatoms. The zero-order chi connectivity index (χ0) is 13.5. The Hall–Kier alpha value is -1.42. The fraction of sp³-hybridized carbons (Fsp3) is 0.467. The molecule has 0 saturated carbocycles. The van der Waals surface area contributed by atoms with Gasteiger partial charge in [0, 0.05) is 12.7 Å². The third-order valence-corrected chi connectivity index (χ3v) is 3.60. The van der Waals surface area contributed by atoms with E-state index in [9.17, 15) is 0 Å². The lowest BCUT2D eigenvalue weighted by Crippen LogP contribution is -2.30. The molecule has 0 atom stereocenters. The van der Waals surface area contributed by atoms with E-state index in [2.05, 4.69) is 21.7 Å². The van der Waals surface area contributed by atoms with Crippen LogP contribution in [0.5, 0.6) is 0 Å². The Bertz CT molecular complexity index is 468. The van der Waals surface area contributed by atoms with Crippen molar-refractivity contribution in [2.24, 2.45) is 0 Å². The van der Waals surface area contributed by atoms with Gasteiger partial charge in [0.05, 0.1) is 0 Å². The van der Waals surface area contributed by atoms with E-state index in [1.807, 2.05) is 19.1 Å². The molecule has 1 aromatic rings. The Balaban J connectivity index is 1.73. The van der Waals surface area contributed by atoms with Crippen LogP contribution in [0, 0.1) is 6.92 Å². The van der Waals surface area contributed by atoms with Gasteiger partial charge in [0.2, 0.25) is 0 Å². The minimum absolute atomic E-state index is 0.651. The predicted octanol–water partition coefficient (Wildman–Crippen LogP) is 3.57. The lowest BCUT2D eigenvalue weighted by atomic mass is 9.97. The summed E-state index contributed by atoms with van der Waals surface area (Å²) in [6, 6.07) is 3.94. The van der Waals surface area contributed by atoms with E-state index < -0.39 is 0 Å². The molecular weight excluding hydrogens is 254 g/mol. The number of hydrogen-bond donors (Lipinski definition) is 2. The van der Waals surface area contributed by atoms with Gasteiger partial charge < -0.3 is 10.6 Å². The van der Waals surface area contributed by atoms with Gasteiger partial charge in [-0.1, -0.05) is 17.7 Å². The smallest absolute Gasteiger partial charge is 0.171 e. The summed E-state index contributed by atoms with van der Waals surface area (Å²) < 4.78 is 0. The predicted molar refractivity (Wildman–Crippen MR) is 84.4 cm³/mol. The van der Waals surface area contributed by atoms with E-state index in [1.54, 1.807) is 11.8 Å². The van der Waals surface area contributed by atoms with Gasteiger partial charge in [-0.3, -0.25) is 0 Å². The van der Waals surface area contributed by atoms with Crippen LogP contribution < -0.4 is 10.6 Å². The van der Waals surface area contributed by atoms with Gasteiger partial charge in [-0.25, -0.2) is 4.98 Å². The number of pyridine rings is 1. The molecule has 0 aliphatic heterocycles. The first-order chi connectivity index (χ1) is 9.25. The number of aryl methyl sites for hydroxylation is 1. The summed E-state index contributed by atoms with van der Waals surface area (Å²) in [7, 11) is 0. The molecule has 102 valence electrons. The van der Waals surface area contributed by atoms with E-state index in [0.717, 1.165) is 24.3 Å². The molecule has 19 heavy (non-hydrogen) atoms. The summed E-state index contributed by atoms with van der Waals surface area (Å²) in [6.45, 7) is 2.91. The highest BCUT2D eigenvalue weighted by molar-refractivity contribution is 7.80. The Morgan fingerprint density at radius 3 is 3.05 bits per heavy atom. The molecule has 2 N–H and O–H groups in total. The van der Waals surface area contributed by atoms with Crippen molar-refractivity contribution < 1.29 is 0 Å². The van der Waals surface area contributed by atoms with Gasteiger partial charge in [0.25, 0.3) is 0 Å². The molecule has 1 aromatic heterocycles. The van der Waals surface area contributed by atoms with Gasteiger partial charge in [-0.05, 0) is 62.9 Å². The molecule has 0 spiro atoms. The first kappa shape index (κ1) is 14.0. The van der Waals surface area contributed by atoms with Crippen molar-refractivity contribution >= 4 is 23.1 Å². The van der Waals surface area contributed by atoms with Crippen molar-refractivity contribution in [3.05, 3.63) is 35.5 Å². The van der Waals surface area contributed by atoms with Crippen LogP contribution in [0.25, 0.3) is 0 Å². The number of anilines is 1. The SMILES string of the molecule is Cc1cccnc1NC(=S)NCCC1=CCCCC1. The zero-order valence-electron chi connectivity index (χ0n) is 11.4. The topological polar surface area (TPSA) is 37.0 Å². The molecule has 0 bridgehead atoms. The maximum atomic E-state index is 5.28. The summed E-state index contributed by atoms with van der Waals surface area (Å²) in [4.78, 5) is 4.27. The lowest BCUT2D eigenvalue weighted by molar-refractivity contribution is 0.669. The van der Waals surface area contributed by atoms with Crippen molar-refractivity contribution in [2.45, 2.75) is 39.0 Å². The van der Waals surface area contributed by atoms with Gasteiger partial charge in [-0.2, -0.15) is 0 Å². The van der Waals surface area contributed by atoms with Gasteiger partial charge in [0.15, 0.2) is 5.11 Å². The number of hydrogen-bond acceptors (Lipinski definition) is 2. The highest BCUT2D eigenvalue weighted by Crippen LogP contribution is 2.19. The molecule has 0 unspecified atom stereocenters. The molecule has 0 fully saturated rings. The third kappa shape index (κ3) is 4.63. The molecular formula is C15H21N3S. The Morgan fingerprint density at radius 2 is 2.32 bits per heavy atom. The zero-order valence-corrected chi connectivity index (χ0v) is 12.2. The van der Waals surface area contributed by atoms with Crippen molar-refractivity contribution in [3.63, 3.8) is 0 Å². The second kappa shape index (κ2) is 7.24. The van der Waals surface area contributed by atoms with E-state index in [-0.39, 0.29) is 0 Å². The summed E-state index contributed by atoms with van der Waals surface area (Å²) in [5.74, 6) is 0.830. The number of nitrogens with zero attached hydrogens (tertiary/aromatic N) is 1. The fourth-order valence-electron chi connectivity index (χ4n) is 2.24. The highest BCUT2D eigenvalue weighted by atomic mass is 32.1. The average Bonchev–Trinajstić information content (AvgIpc) is 2.43. The third-order valence-electron chi connectivity index (χ3n) is 3.36. The minimum Gasteiger partial charge on any atom is -0.362 e. The van der Waals surface area contributed by atoms with Crippen molar-refractivity contribution in [2.75, 3.05) is 11.9 Å². The highest BCUT2D eigenvalue weighted by Gasteiger charge is 2.04.